The molecule has 0 aliphatic carbocycles. The Morgan fingerprint density at radius 3 is 1.97 bits per heavy atom. The normalized spacial score (nSPS) is 43.1. The third-order valence-corrected chi connectivity index (χ3v) is 12.7. The van der Waals surface area contributed by atoms with E-state index in [2.05, 4.69) is 0 Å². The number of cyclic esters (lactones) is 1. The third kappa shape index (κ3) is 12.8. The number of aliphatic hydroxyl groups excluding tert-OH is 5. The van der Waals surface area contributed by atoms with Crippen molar-refractivity contribution in [2.45, 2.75) is 172 Å². The Balaban J connectivity index is 2.00. The minimum atomic E-state index is -1.33. The van der Waals surface area contributed by atoms with E-state index in [0.29, 0.717) is 6.42 Å². The molecular formula is C41H75NO16. The molecule has 4 unspecified atom stereocenters. The first-order valence-corrected chi connectivity index (χ1v) is 20.8. The third-order valence-electron chi connectivity index (χ3n) is 12.7. The number of likely N-dealkylation sites (N-methyl/N-ethyl adjacent to an activating group) is 1. The summed E-state index contributed by atoms with van der Waals surface area (Å²) in [5.74, 6) is -3.78. The van der Waals surface area contributed by atoms with E-state index < -0.39 is 134 Å². The smallest absolute Gasteiger partial charge is 0.308 e. The van der Waals surface area contributed by atoms with Crippen molar-refractivity contribution in [1.82, 2.24) is 4.90 Å². The zero-order chi connectivity index (χ0) is 43.6. The first-order valence-electron chi connectivity index (χ1n) is 20.8. The molecule has 3 rings (SSSR count). The SMILES string of the molecule is CCC1OC(=O)C[C@@H](O)[C@H](C)C(O[C@@H]2O[C@H](C)[C@@H](O)[C@H](N(C)C)[C@H]2O)[C@@H](CC(OC)OC)C[C@@H](C)C(=O)CCC(C)C(O)[C@@H]1CO[C@@H]1O[C@H](C)[C@@H](O)[C@@H](OC)[C@H]1OC. The summed E-state index contributed by atoms with van der Waals surface area (Å²) in [5.41, 5.74) is 0. The molecule has 17 nitrogen and oxygen atoms in total. The van der Waals surface area contributed by atoms with Gasteiger partial charge in [0.15, 0.2) is 18.9 Å². The summed E-state index contributed by atoms with van der Waals surface area (Å²) >= 11 is 0. The highest BCUT2D eigenvalue weighted by Gasteiger charge is 2.49. The molecule has 5 N–H and O–H groups in total. The van der Waals surface area contributed by atoms with Crippen LogP contribution in [0.1, 0.15) is 80.1 Å². The van der Waals surface area contributed by atoms with Crippen LogP contribution in [0.3, 0.4) is 0 Å². The number of ether oxygens (including phenoxy) is 9. The van der Waals surface area contributed by atoms with Crippen LogP contribution >= 0.6 is 0 Å². The number of carbonyl (C=O) groups is 2. The molecule has 3 heterocycles. The Hall–Kier alpha value is -1.42. The minimum Gasteiger partial charge on any atom is -0.462 e. The lowest BCUT2D eigenvalue weighted by Gasteiger charge is -2.47. The van der Waals surface area contributed by atoms with Crippen LogP contribution in [0.25, 0.3) is 0 Å². The van der Waals surface area contributed by atoms with Gasteiger partial charge in [-0.25, -0.2) is 0 Å². The van der Waals surface area contributed by atoms with Crippen molar-refractivity contribution in [3.63, 3.8) is 0 Å². The minimum absolute atomic E-state index is 0.0455. The van der Waals surface area contributed by atoms with Crippen molar-refractivity contribution in [1.29, 1.82) is 0 Å². The lowest BCUT2D eigenvalue weighted by atomic mass is 9.78. The van der Waals surface area contributed by atoms with Crippen LogP contribution < -0.4 is 0 Å². The predicted molar refractivity (Wildman–Crippen MR) is 209 cm³/mol. The monoisotopic (exact) mass is 838 g/mol. The van der Waals surface area contributed by atoms with Crippen molar-refractivity contribution in [3.8, 4) is 0 Å². The van der Waals surface area contributed by atoms with Crippen LogP contribution in [0, 0.1) is 29.6 Å². The molecule has 3 aliphatic heterocycles. The van der Waals surface area contributed by atoms with E-state index >= 15 is 0 Å². The molecule has 0 amide bonds. The molecule has 0 aromatic rings. The highest BCUT2D eigenvalue weighted by Crippen LogP contribution is 2.37. The molecule has 0 saturated carbocycles. The molecule has 58 heavy (non-hydrogen) atoms. The lowest BCUT2D eigenvalue weighted by molar-refractivity contribution is -0.307. The van der Waals surface area contributed by atoms with E-state index in [4.69, 9.17) is 42.6 Å². The van der Waals surface area contributed by atoms with Crippen LogP contribution in [-0.2, 0) is 52.2 Å². The van der Waals surface area contributed by atoms with Gasteiger partial charge in [-0.05, 0) is 59.0 Å². The molecule has 0 aromatic carbocycles. The van der Waals surface area contributed by atoms with Gasteiger partial charge < -0.3 is 73.1 Å². The molecule has 0 aromatic heterocycles. The van der Waals surface area contributed by atoms with Gasteiger partial charge in [-0.1, -0.05) is 27.7 Å². The molecule has 3 aliphatic rings. The van der Waals surface area contributed by atoms with Crippen LogP contribution in [0.5, 0.6) is 0 Å². The van der Waals surface area contributed by atoms with Crippen LogP contribution in [0.2, 0.25) is 0 Å². The molecule has 19 atom stereocenters. The van der Waals surface area contributed by atoms with Crippen molar-refractivity contribution >= 4 is 11.8 Å². The van der Waals surface area contributed by atoms with E-state index in [1.165, 1.54) is 28.4 Å². The summed E-state index contributed by atoms with van der Waals surface area (Å²) in [5, 5.41) is 56.7. The molecular weight excluding hydrogens is 762 g/mol. The molecule has 0 spiro atoms. The first kappa shape index (κ1) is 50.9. The maximum Gasteiger partial charge on any atom is 0.308 e. The van der Waals surface area contributed by atoms with Gasteiger partial charge >= 0.3 is 5.97 Å². The summed E-state index contributed by atoms with van der Waals surface area (Å²) in [6.07, 6.45) is -12.5. The van der Waals surface area contributed by atoms with E-state index in [1.54, 1.807) is 39.8 Å². The highest BCUT2D eigenvalue weighted by atomic mass is 16.7. The molecule has 17 heteroatoms. The summed E-state index contributed by atoms with van der Waals surface area (Å²) in [6, 6.07) is -0.735. The van der Waals surface area contributed by atoms with Gasteiger partial charge in [0.25, 0.3) is 0 Å². The summed E-state index contributed by atoms with van der Waals surface area (Å²) in [6.45, 7) is 10.4. The van der Waals surface area contributed by atoms with Gasteiger partial charge in [-0.3, -0.25) is 9.59 Å². The van der Waals surface area contributed by atoms with Crippen molar-refractivity contribution in [2.75, 3.05) is 49.1 Å². The molecule has 0 bridgehead atoms. The van der Waals surface area contributed by atoms with E-state index in [9.17, 15) is 35.1 Å². The summed E-state index contributed by atoms with van der Waals surface area (Å²) in [4.78, 5) is 29.4. The number of rotatable bonds is 13. The topological polar surface area (TPSA) is 222 Å². The second-order valence-corrected chi connectivity index (χ2v) is 16.9. The fraction of sp³-hybridized carbons (Fsp3) is 0.951. The fourth-order valence-electron chi connectivity index (χ4n) is 8.79. The average Bonchev–Trinajstić information content (AvgIpc) is 3.18. The number of ketones is 1. The fourth-order valence-corrected chi connectivity index (χ4v) is 8.79. The first-order chi connectivity index (χ1) is 27.3. The van der Waals surface area contributed by atoms with Gasteiger partial charge in [-0.2, -0.15) is 0 Å². The van der Waals surface area contributed by atoms with Crippen molar-refractivity contribution in [3.05, 3.63) is 0 Å². The summed E-state index contributed by atoms with van der Waals surface area (Å²) in [7, 11) is 9.36. The number of carbonyl (C=O) groups excluding carboxylic acids is 2. The maximum atomic E-state index is 13.9. The maximum absolute atomic E-state index is 13.9. The Labute approximate surface area is 344 Å². The lowest BCUT2D eigenvalue weighted by Crippen LogP contribution is -2.63. The molecule has 0 radical (unpaired) electrons. The number of methoxy groups -OCH3 is 4. The summed E-state index contributed by atoms with van der Waals surface area (Å²) < 4.78 is 53.2. The molecule has 340 valence electrons. The zero-order valence-corrected chi connectivity index (χ0v) is 36.7. The number of hydrogen-bond acceptors (Lipinski definition) is 17. The van der Waals surface area contributed by atoms with E-state index in [0.717, 1.165) is 0 Å². The number of Topliss-reactive ketones (excluding diaryl/α,β-unsaturated/α-hetero) is 1. The predicted octanol–water partition coefficient (Wildman–Crippen LogP) is 1.26. The quantitative estimate of drug-likeness (QED) is 0.130. The van der Waals surface area contributed by atoms with Gasteiger partial charge in [0.1, 0.15) is 36.3 Å². The second kappa shape index (κ2) is 23.7. The standard InChI is InChI=1S/C41H75NO16/c1-13-29-26(19-54-41-39(53-12)38(52-11)35(48)24(6)56-41)33(46)20(2)14-15-27(43)21(3)16-25(17-31(50-9)51-10)37(22(4)28(44)18-30(45)57-29)58-40-36(49)32(42(7)8)34(47)23(5)55-40/h20-26,28-29,31-41,44,46-49H,13-19H2,1-12H3/t20?,21-,22+,23-,24-,25-,26-,28-,29?,32+,33?,34-,35-,36-,37?,38-,39-,40+,41-/m1/s1. The average molecular weight is 838 g/mol. The van der Waals surface area contributed by atoms with E-state index in [-0.39, 0.29) is 38.1 Å². The van der Waals surface area contributed by atoms with Gasteiger partial charge in [0.05, 0.1) is 55.7 Å². The number of hydrogen-bond donors (Lipinski definition) is 5. The Morgan fingerprint density at radius 1 is 0.793 bits per heavy atom. The number of aliphatic hydroxyl groups is 5. The van der Waals surface area contributed by atoms with Crippen LogP contribution in [-0.4, -0.2) is 183 Å². The van der Waals surface area contributed by atoms with Gasteiger partial charge in [-0.15, -0.1) is 0 Å². The molecule has 3 fully saturated rings. The Morgan fingerprint density at radius 2 is 1.40 bits per heavy atom. The van der Waals surface area contributed by atoms with Crippen LogP contribution in [0.15, 0.2) is 0 Å². The van der Waals surface area contributed by atoms with Gasteiger partial charge in [0.2, 0.25) is 0 Å². The van der Waals surface area contributed by atoms with Crippen LogP contribution in [0.4, 0.5) is 0 Å². The number of nitrogens with zero attached hydrogens (tertiary/aromatic N) is 1. The second-order valence-electron chi connectivity index (χ2n) is 16.9. The largest absolute Gasteiger partial charge is 0.462 e. The molecule has 3 saturated heterocycles. The van der Waals surface area contributed by atoms with Crippen molar-refractivity contribution in [2.24, 2.45) is 29.6 Å². The van der Waals surface area contributed by atoms with Gasteiger partial charge in [0, 0.05) is 59.0 Å². The Bertz CT molecular complexity index is 1230. The highest BCUT2D eigenvalue weighted by molar-refractivity contribution is 5.80. The van der Waals surface area contributed by atoms with E-state index in [1.807, 2.05) is 20.8 Å². The zero-order valence-electron chi connectivity index (χ0n) is 36.7. The Kier molecular flexibility index (Phi) is 20.8. The van der Waals surface area contributed by atoms with Crippen molar-refractivity contribution < 1.29 is 77.8 Å². The number of esters is 1.